The van der Waals surface area contributed by atoms with Gasteiger partial charge >= 0.3 is 0 Å². The summed E-state index contributed by atoms with van der Waals surface area (Å²) in [5.74, 6) is 0. The topological polar surface area (TPSA) is 34.5 Å². The first kappa shape index (κ1) is 32.4. The second-order valence-corrected chi connectivity index (χ2v) is 14.9. The minimum atomic E-state index is 0.852. The number of fused-ring (bicyclic) bond motifs is 9. The maximum absolute atomic E-state index is 6.62. The van der Waals surface area contributed by atoms with Crippen molar-refractivity contribution >= 4 is 82.7 Å². The summed E-state index contributed by atoms with van der Waals surface area (Å²) in [6.45, 7) is 0. The van der Waals surface area contributed by atoms with Crippen LogP contribution in [0.1, 0.15) is 0 Å². The van der Waals surface area contributed by atoms with Crippen LogP contribution in [-0.4, -0.2) is 4.57 Å². The van der Waals surface area contributed by atoms with Gasteiger partial charge in [0, 0.05) is 50.4 Å². The maximum atomic E-state index is 6.62. The molecular weight excluding hydrogens is 709 g/mol. The van der Waals surface area contributed by atoms with Gasteiger partial charge in [-0.25, -0.2) is 0 Å². The molecule has 12 rings (SSSR count). The van der Waals surface area contributed by atoms with Crippen LogP contribution in [0.4, 0.5) is 17.1 Å². The Bertz CT molecular complexity index is 3490. The van der Waals surface area contributed by atoms with E-state index in [2.05, 4.69) is 198 Å². The Morgan fingerprint density at radius 1 is 0.362 bits per heavy atom. The first-order valence-electron chi connectivity index (χ1n) is 19.7. The molecule has 0 aliphatic carbocycles. The molecule has 4 nitrogen and oxygen atoms in total. The number of benzene rings is 9. The van der Waals surface area contributed by atoms with Crippen molar-refractivity contribution in [1.82, 2.24) is 4.57 Å². The summed E-state index contributed by atoms with van der Waals surface area (Å²) < 4.78 is 15.3. The lowest BCUT2D eigenvalue weighted by molar-refractivity contribution is 0.645. The molecule has 3 aromatic heterocycles. The number of furan rings is 2. The summed E-state index contributed by atoms with van der Waals surface area (Å²) in [7, 11) is 0. The van der Waals surface area contributed by atoms with E-state index in [0.29, 0.717) is 0 Å². The number of hydrogen-bond acceptors (Lipinski definition) is 3. The fraction of sp³-hybridized carbons (Fsp3) is 0. The predicted octanol–water partition coefficient (Wildman–Crippen LogP) is 15.4. The zero-order valence-electron chi connectivity index (χ0n) is 31.3. The Labute approximate surface area is 334 Å². The third kappa shape index (κ3) is 5.02. The number of anilines is 3. The molecule has 0 bridgehead atoms. The number of para-hydroxylation sites is 3. The molecule has 0 unspecified atom stereocenters. The van der Waals surface area contributed by atoms with Crippen molar-refractivity contribution in [3.05, 3.63) is 206 Å². The Balaban J connectivity index is 1.01. The van der Waals surface area contributed by atoms with Crippen LogP contribution >= 0.6 is 0 Å². The molecule has 0 radical (unpaired) electrons. The van der Waals surface area contributed by atoms with E-state index in [1.165, 1.54) is 27.3 Å². The zero-order valence-corrected chi connectivity index (χ0v) is 31.3. The Kier molecular flexibility index (Phi) is 7.20. The number of nitrogens with zero attached hydrogens (tertiary/aromatic N) is 2. The van der Waals surface area contributed by atoms with Crippen molar-refractivity contribution in [3.8, 4) is 27.9 Å². The maximum Gasteiger partial charge on any atom is 0.213 e. The van der Waals surface area contributed by atoms with Gasteiger partial charge in [-0.1, -0.05) is 133 Å². The minimum Gasteiger partial charge on any atom is -0.456 e. The summed E-state index contributed by atoms with van der Waals surface area (Å²) in [6.07, 6.45) is 0. The van der Waals surface area contributed by atoms with Gasteiger partial charge in [0.25, 0.3) is 0 Å². The minimum absolute atomic E-state index is 0.852. The molecular formula is C54H34N2O2. The van der Waals surface area contributed by atoms with E-state index in [-0.39, 0.29) is 0 Å². The van der Waals surface area contributed by atoms with Gasteiger partial charge in [-0.15, -0.1) is 0 Å². The van der Waals surface area contributed by atoms with E-state index < -0.39 is 0 Å². The van der Waals surface area contributed by atoms with Gasteiger partial charge in [-0.3, -0.25) is 4.57 Å². The smallest absolute Gasteiger partial charge is 0.213 e. The van der Waals surface area contributed by atoms with Crippen LogP contribution in [-0.2, 0) is 0 Å². The van der Waals surface area contributed by atoms with Crippen LogP contribution in [0.5, 0.6) is 0 Å². The molecule has 0 saturated carbocycles. The van der Waals surface area contributed by atoms with Gasteiger partial charge in [-0.05, 0) is 99.8 Å². The lowest BCUT2D eigenvalue weighted by atomic mass is 9.97. The van der Waals surface area contributed by atoms with E-state index in [1.807, 2.05) is 18.2 Å². The third-order valence-corrected chi connectivity index (χ3v) is 11.6. The Hall–Kier alpha value is -7.82. The SMILES string of the molecule is c1ccc(-n2c3cccc(-c4ccc(N(c5ccc(-c6cccc7ccccc67)cc5)c5ccc6c(c5)oc5ccccc56)cc4)c3c3c4ccccc4oc32)cc1. The molecule has 12 aromatic rings. The lowest BCUT2D eigenvalue weighted by Crippen LogP contribution is -2.09. The van der Waals surface area contributed by atoms with Crippen LogP contribution in [0, 0.1) is 0 Å². The van der Waals surface area contributed by atoms with Crippen molar-refractivity contribution in [2.45, 2.75) is 0 Å². The first-order valence-corrected chi connectivity index (χ1v) is 19.7. The summed E-state index contributed by atoms with van der Waals surface area (Å²) in [5, 5.41) is 8.12. The molecule has 4 heteroatoms. The van der Waals surface area contributed by atoms with E-state index in [9.17, 15) is 0 Å². The summed E-state index contributed by atoms with van der Waals surface area (Å²) in [4.78, 5) is 2.32. The average molecular weight is 743 g/mol. The van der Waals surface area contributed by atoms with Crippen molar-refractivity contribution in [3.63, 3.8) is 0 Å². The zero-order chi connectivity index (χ0) is 38.2. The molecule has 0 spiro atoms. The lowest BCUT2D eigenvalue weighted by Gasteiger charge is -2.26. The van der Waals surface area contributed by atoms with Crippen LogP contribution in [0.3, 0.4) is 0 Å². The molecule has 0 saturated heterocycles. The normalized spacial score (nSPS) is 11.8. The van der Waals surface area contributed by atoms with Gasteiger partial charge in [-0.2, -0.15) is 0 Å². The van der Waals surface area contributed by atoms with Crippen molar-refractivity contribution in [1.29, 1.82) is 0 Å². The predicted molar refractivity (Wildman–Crippen MR) is 241 cm³/mol. The van der Waals surface area contributed by atoms with Gasteiger partial charge in [0.15, 0.2) is 0 Å². The first-order chi connectivity index (χ1) is 28.8. The molecule has 3 heterocycles. The highest BCUT2D eigenvalue weighted by atomic mass is 16.3. The van der Waals surface area contributed by atoms with Crippen molar-refractivity contribution in [2.75, 3.05) is 4.90 Å². The highest BCUT2D eigenvalue weighted by Crippen LogP contribution is 2.45. The second-order valence-electron chi connectivity index (χ2n) is 14.9. The van der Waals surface area contributed by atoms with Crippen LogP contribution in [0.15, 0.2) is 215 Å². The second kappa shape index (κ2) is 12.9. The summed E-state index contributed by atoms with van der Waals surface area (Å²) in [6, 6.07) is 73.2. The Morgan fingerprint density at radius 3 is 1.71 bits per heavy atom. The van der Waals surface area contributed by atoms with Crippen LogP contribution in [0.25, 0.3) is 93.6 Å². The summed E-state index contributed by atoms with van der Waals surface area (Å²) in [5.41, 5.74) is 13.5. The molecule has 0 aliphatic heterocycles. The van der Waals surface area contributed by atoms with Crippen molar-refractivity contribution in [2.24, 2.45) is 0 Å². The number of hydrogen-bond donors (Lipinski definition) is 0. The largest absolute Gasteiger partial charge is 0.456 e. The monoisotopic (exact) mass is 742 g/mol. The number of aromatic nitrogens is 1. The standard InChI is InChI=1S/C54H34N2O2/c1-2-14-38(15-3-1)56-48-21-11-20-44(52(48)53-47-18-7-9-23-50(47)58-54(53)56)37-26-30-40(31-27-37)55(41-32-33-46-45-17-6-8-22-49(45)57-51(46)34-41)39-28-24-36(25-29-39)43-19-10-13-35-12-4-5-16-42(35)43/h1-34H. The molecule has 0 fully saturated rings. The molecule has 9 aromatic carbocycles. The Morgan fingerprint density at radius 2 is 0.931 bits per heavy atom. The number of rotatable bonds is 6. The average Bonchev–Trinajstić information content (AvgIpc) is 3.95. The van der Waals surface area contributed by atoms with Gasteiger partial charge in [0.2, 0.25) is 5.71 Å². The van der Waals surface area contributed by atoms with Gasteiger partial charge in [0.05, 0.1) is 10.9 Å². The van der Waals surface area contributed by atoms with E-state index in [4.69, 9.17) is 8.83 Å². The molecule has 58 heavy (non-hydrogen) atoms. The molecule has 0 amide bonds. The van der Waals surface area contributed by atoms with Crippen LogP contribution < -0.4 is 4.90 Å². The molecule has 0 aliphatic rings. The van der Waals surface area contributed by atoms with E-state index in [0.717, 1.165) is 83.4 Å². The highest BCUT2D eigenvalue weighted by Gasteiger charge is 2.22. The van der Waals surface area contributed by atoms with E-state index >= 15 is 0 Å². The van der Waals surface area contributed by atoms with Gasteiger partial charge < -0.3 is 13.7 Å². The molecule has 0 N–H and O–H groups in total. The fourth-order valence-electron chi connectivity index (χ4n) is 8.96. The fourth-order valence-corrected chi connectivity index (χ4v) is 8.96. The van der Waals surface area contributed by atoms with E-state index in [1.54, 1.807) is 0 Å². The van der Waals surface area contributed by atoms with Crippen LogP contribution in [0.2, 0.25) is 0 Å². The van der Waals surface area contributed by atoms with Gasteiger partial charge in [0.1, 0.15) is 16.7 Å². The molecule has 272 valence electrons. The highest BCUT2D eigenvalue weighted by molar-refractivity contribution is 6.24. The molecule has 0 atom stereocenters. The quantitative estimate of drug-likeness (QED) is 0.170. The third-order valence-electron chi connectivity index (χ3n) is 11.6. The summed E-state index contributed by atoms with van der Waals surface area (Å²) >= 11 is 0. The van der Waals surface area contributed by atoms with Crippen molar-refractivity contribution < 1.29 is 8.83 Å².